The first kappa shape index (κ1) is 21.6. The molecule has 4 nitrogen and oxygen atoms in total. The Morgan fingerprint density at radius 3 is 2.59 bits per heavy atom. The van der Waals surface area contributed by atoms with E-state index in [1.807, 2.05) is 13.8 Å². The van der Waals surface area contributed by atoms with Gasteiger partial charge < -0.3 is 10.2 Å². The molecule has 2 saturated carbocycles. The smallest absolute Gasteiger partial charge is 0.0973 e. The van der Waals surface area contributed by atoms with Crippen LogP contribution in [0.4, 0.5) is 0 Å². The Morgan fingerprint density at radius 2 is 2.00 bits per heavy atom. The predicted molar refractivity (Wildman–Crippen MR) is 122 cm³/mol. The van der Waals surface area contributed by atoms with Crippen molar-refractivity contribution < 1.29 is 0 Å². The molecule has 1 unspecified atom stereocenters. The molecule has 0 saturated heterocycles. The van der Waals surface area contributed by atoms with Crippen molar-refractivity contribution in [2.45, 2.75) is 84.7 Å². The van der Waals surface area contributed by atoms with E-state index >= 15 is 0 Å². The monoisotopic (exact) mass is 395 g/mol. The molecule has 0 spiro atoms. The van der Waals surface area contributed by atoms with Gasteiger partial charge in [0, 0.05) is 24.1 Å². The van der Waals surface area contributed by atoms with E-state index in [1.165, 1.54) is 48.1 Å². The van der Waals surface area contributed by atoms with Crippen LogP contribution in [-0.2, 0) is 0 Å². The molecule has 2 fully saturated rings. The molecule has 2 aliphatic carbocycles. The highest BCUT2D eigenvalue weighted by molar-refractivity contribution is 5.43. The molecule has 1 aliphatic heterocycles. The molecule has 0 aromatic rings. The molecule has 4 heteroatoms. The summed E-state index contributed by atoms with van der Waals surface area (Å²) in [7, 11) is 0. The summed E-state index contributed by atoms with van der Waals surface area (Å²) in [6, 6.07) is 0.319. The number of hydrogen-bond donors (Lipinski definition) is 1. The SMILES string of the molecule is C=C(NC1=CN(/C=C(\C)CCC(C)(C)N=O)C(C)C=C1C1CC1)/C(C)=C/C1CC1. The number of rotatable bonds is 10. The molecule has 1 heterocycles. The van der Waals surface area contributed by atoms with Crippen LogP contribution in [0.2, 0.25) is 0 Å². The maximum atomic E-state index is 10.9. The Morgan fingerprint density at radius 1 is 1.31 bits per heavy atom. The van der Waals surface area contributed by atoms with Crippen molar-refractivity contribution in [1.82, 2.24) is 10.2 Å². The zero-order chi connectivity index (χ0) is 21.2. The van der Waals surface area contributed by atoms with Crippen molar-refractivity contribution in [1.29, 1.82) is 0 Å². The second-order valence-electron chi connectivity index (χ2n) is 9.80. The maximum absolute atomic E-state index is 10.9. The molecule has 0 aromatic heterocycles. The molecule has 0 aromatic carbocycles. The van der Waals surface area contributed by atoms with E-state index in [-0.39, 0.29) is 0 Å². The summed E-state index contributed by atoms with van der Waals surface area (Å²) in [4.78, 5) is 13.2. The van der Waals surface area contributed by atoms with Gasteiger partial charge in [-0.15, -0.1) is 0 Å². The lowest BCUT2D eigenvalue weighted by Gasteiger charge is -2.31. The van der Waals surface area contributed by atoms with Crippen molar-refractivity contribution in [3.05, 3.63) is 64.2 Å². The molecule has 29 heavy (non-hydrogen) atoms. The van der Waals surface area contributed by atoms with E-state index in [0.717, 1.165) is 24.5 Å². The van der Waals surface area contributed by atoms with E-state index in [2.05, 4.69) is 67.3 Å². The van der Waals surface area contributed by atoms with E-state index < -0.39 is 5.54 Å². The van der Waals surface area contributed by atoms with Crippen LogP contribution in [0.15, 0.2) is 64.4 Å². The lowest BCUT2D eigenvalue weighted by molar-refractivity contribution is 0.425. The Hall–Kier alpha value is -2.10. The minimum Gasteiger partial charge on any atom is -0.354 e. The zero-order valence-corrected chi connectivity index (χ0v) is 18.8. The van der Waals surface area contributed by atoms with E-state index in [9.17, 15) is 4.91 Å². The Kier molecular flexibility index (Phi) is 6.50. The molecular formula is C25H37N3O. The van der Waals surface area contributed by atoms with Crippen LogP contribution in [-0.4, -0.2) is 16.5 Å². The van der Waals surface area contributed by atoms with Gasteiger partial charge in [-0.3, -0.25) is 0 Å². The molecular weight excluding hydrogens is 358 g/mol. The number of hydrogen-bond acceptors (Lipinski definition) is 4. The van der Waals surface area contributed by atoms with E-state index in [1.54, 1.807) is 0 Å². The largest absolute Gasteiger partial charge is 0.354 e. The summed E-state index contributed by atoms with van der Waals surface area (Å²) in [5, 5.41) is 6.85. The minimum absolute atomic E-state index is 0.319. The lowest BCUT2D eigenvalue weighted by atomic mass is 9.96. The van der Waals surface area contributed by atoms with Crippen molar-refractivity contribution in [2.24, 2.45) is 17.0 Å². The molecule has 0 radical (unpaired) electrons. The first-order chi connectivity index (χ1) is 13.7. The van der Waals surface area contributed by atoms with E-state index in [0.29, 0.717) is 12.0 Å². The average molecular weight is 396 g/mol. The summed E-state index contributed by atoms with van der Waals surface area (Å²) in [6.07, 6.45) is 16.0. The average Bonchev–Trinajstić information content (AvgIpc) is 3.56. The standard InChI is InChI=1S/C25H37N3O/c1-17(11-12-25(5,6)27-29)15-28-16-24(23(14-19(28)3)22-9-10-22)26-20(4)18(2)13-21-7-8-21/h13-16,19,21-22,26H,4,7-12H2,1-3,5-6H3/b17-15+,18-13+. The highest BCUT2D eigenvalue weighted by atomic mass is 16.3. The fourth-order valence-corrected chi connectivity index (χ4v) is 3.63. The summed E-state index contributed by atoms with van der Waals surface area (Å²) in [6.45, 7) is 14.6. The number of allylic oxidation sites excluding steroid dienone is 4. The normalized spacial score (nSPS) is 23.5. The minimum atomic E-state index is -0.507. The number of nitroso groups, excluding NO2 is 1. The Balaban J connectivity index is 1.73. The Bertz CT molecular complexity index is 776. The second-order valence-corrected chi connectivity index (χ2v) is 9.80. The van der Waals surface area contributed by atoms with Gasteiger partial charge in [0.1, 0.15) is 0 Å². The number of nitrogens with one attached hydrogen (secondary N) is 1. The zero-order valence-electron chi connectivity index (χ0n) is 18.8. The van der Waals surface area contributed by atoms with Gasteiger partial charge in [0.2, 0.25) is 0 Å². The molecule has 0 amide bonds. The highest BCUT2D eigenvalue weighted by Crippen LogP contribution is 2.42. The van der Waals surface area contributed by atoms with Gasteiger partial charge in [0.15, 0.2) is 0 Å². The summed E-state index contributed by atoms with van der Waals surface area (Å²) >= 11 is 0. The van der Waals surface area contributed by atoms with Crippen LogP contribution in [0.25, 0.3) is 0 Å². The van der Waals surface area contributed by atoms with Crippen molar-refractivity contribution in [3.8, 4) is 0 Å². The fraction of sp³-hybridized carbons (Fsp3) is 0.600. The van der Waals surface area contributed by atoms with Crippen LogP contribution in [0.3, 0.4) is 0 Å². The van der Waals surface area contributed by atoms with Gasteiger partial charge in [-0.05, 0) is 96.1 Å². The van der Waals surface area contributed by atoms with Gasteiger partial charge in [-0.2, -0.15) is 4.91 Å². The summed E-state index contributed by atoms with van der Waals surface area (Å²) in [5.41, 5.74) is 5.63. The van der Waals surface area contributed by atoms with Crippen molar-refractivity contribution >= 4 is 0 Å². The fourth-order valence-electron chi connectivity index (χ4n) is 3.63. The highest BCUT2D eigenvalue weighted by Gasteiger charge is 2.32. The van der Waals surface area contributed by atoms with Crippen molar-refractivity contribution in [2.75, 3.05) is 0 Å². The lowest BCUT2D eigenvalue weighted by Crippen LogP contribution is -2.30. The van der Waals surface area contributed by atoms with Crippen LogP contribution < -0.4 is 5.32 Å². The maximum Gasteiger partial charge on any atom is 0.0973 e. The second kappa shape index (κ2) is 8.73. The van der Waals surface area contributed by atoms with Crippen LogP contribution >= 0.6 is 0 Å². The predicted octanol–water partition coefficient (Wildman–Crippen LogP) is 6.56. The van der Waals surface area contributed by atoms with Crippen molar-refractivity contribution in [3.63, 3.8) is 0 Å². The Labute approximate surface area is 176 Å². The topological polar surface area (TPSA) is 44.7 Å². The molecule has 158 valence electrons. The van der Waals surface area contributed by atoms with E-state index in [4.69, 9.17) is 0 Å². The van der Waals surface area contributed by atoms with Crippen LogP contribution in [0, 0.1) is 16.7 Å². The summed E-state index contributed by atoms with van der Waals surface area (Å²) in [5.74, 6) is 1.43. The van der Waals surface area contributed by atoms with Gasteiger partial charge >= 0.3 is 0 Å². The number of nitrogens with zero attached hydrogens (tertiary/aromatic N) is 2. The molecule has 0 bridgehead atoms. The van der Waals surface area contributed by atoms with Gasteiger partial charge in [0.05, 0.1) is 11.2 Å². The molecule has 1 N–H and O–H groups in total. The summed E-state index contributed by atoms with van der Waals surface area (Å²) < 4.78 is 0. The first-order valence-corrected chi connectivity index (χ1v) is 11.1. The van der Waals surface area contributed by atoms with Gasteiger partial charge in [-0.25, -0.2) is 0 Å². The molecule has 1 atom stereocenters. The van der Waals surface area contributed by atoms with Gasteiger partial charge in [-0.1, -0.05) is 29.5 Å². The van der Waals surface area contributed by atoms with Crippen LogP contribution in [0.5, 0.6) is 0 Å². The van der Waals surface area contributed by atoms with Gasteiger partial charge in [0.25, 0.3) is 0 Å². The third-order valence-corrected chi connectivity index (χ3v) is 6.11. The third kappa shape index (κ3) is 6.19. The van der Waals surface area contributed by atoms with Crippen LogP contribution in [0.1, 0.15) is 73.1 Å². The molecule has 3 aliphatic rings. The third-order valence-electron chi connectivity index (χ3n) is 6.11. The quantitative estimate of drug-likeness (QED) is 0.337. The first-order valence-electron chi connectivity index (χ1n) is 11.1. The molecule has 3 rings (SSSR count).